The summed E-state index contributed by atoms with van der Waals surface area (Å²) in [7, 11) is 1.59. The molecule has 0 spiro atoms. The number of halogens is 1. The molecule has 1 aliphatic rings. The summed E-state index contributed by atoms with van der Waals surface area (Å²) in [6.45, 7) is 0.342. The van der Waals surface area contributed by atoms with Crippen LogP contribution in [0, 0.1) is 9.62 Å². The predicted molar refractivity (Wildman–Crippen MR) is 144 cm³/mol. The van der Waals surface area contributed by atoms with Crippen LogP contribution in [-0.2, 0) is 11.3 Å². The van der Waals surface area contributed by atoms with Crippen molar-refractivity contribution in [2.45, 2.75) is 44.7 Å². The minimum absolute atomic E-state index is 0.125. The van der Waals surface area contributed by atoms with Crippen LogP contribution in [0.5, 0.6) is 0 Å². The number of carbonyl (C=O) groups is 3. The SMILES string of the molecule is CNC(=O)[C@@H](NC(=O)c1ccc(-c2cccc(CNC(=O)c3ccnc(I)c3)c2)o1)C1CCCCC1. The van der Waals surface area contributed by atoms with Crippen LogP contribution >= 0.6 is 22.6 Å². The maximum Gasteiger partial charge on any atom is 0.287 e. The van der Waals surface area contributed by atoms with Gasteiger partial charge in [0.25, 0.3) is 11.8 Å². The molecule has 1 saturated carbocycles. The Labute approximate surface area is 223 Å². The Bertz CT molecular complexity index is 1240. The van der Waals surface area contributed by atoms with Gasteiger partial charge >= 0.3 is 0 Å². The fraction of sp³-hybridized carbons (Fsp3) is 0.333. The van der Waals surface area contributed by atoms with Crippen LogP contribution in [0.25, 0.3) is 11.3 Å². The Morgan fingerprint density at radius 2 is 1.86 bits per heavy atom. The molecule has 3 amide bonds. The molecular formula is C27H29IN4O4. The highest BCUT2D eigenvalue weighted by molar-refractivity contribution is 14.1. The lowest BCUT2D eigenvalue weighted by molar-refractivity contribution is -0.124. The van der Waals surface area contributed by atoms with E-state index in [9.17, 15) is 14.4 Å². The van der Waals surface area contributed by atoms with Gasteiger partial charge in [0, 0.05) is 30.9 Å². The average Bonchev–Trinajstić information content (AvgIpc) is 3.41. The summed E-state index contributed by atoms with van der Waals surface area (Å²) in [5.74, 6) is 0.0434. The number of nitrogens with zero attached hydrogens (tertiary/aromatic N) is 1. The second-order valence-corrected chi connectivity index (χ2v) is 9.98. The molecule has 36 heavy (non-hydrogen) atoms. The fourth-order valence-corrected chi connectivity index (χ4v) is 5.01. The quantitative estimate of drug-likeness (QED) is 0.264. The molecule has 0 radical (unpaired) electrons. The van der Waals surface area contributed by atoms with Gasteiger partial charge in [0.05, 0.1) is 0 Å². The summed E-state index contributed by atoms with van der Waals surface area (Å²) < 4.78 is 6.61. The van der Waals surface area contributed by atoms with Crippen LogP contribution in [0.3, 0.4) is 0 Å². The molecule has 8 nitrogen and oxygen atoms in total. The van der Waals surface area contributed by atoms with Crippen LogP contribution in [0.2, 0.25) is 0 Å². The van der Waals surface area contributed by atoms with Crippen LogP contribution in [0.1, 0.15) is 58.6 Å². The smallest absolute Gasteiger partial charge is 0.287 e. The monoisotopic (exact) mass is 600 g/mol. The van der Waals surface area contributed by atoms with Gasteiger partial charge in [0.1, 0.15) is 15.5 Å². The number of benzene rings is 1. The maximum atomic E-state index is 12.9. The van der Waals surface area contributed by atoms with Crippen molar-refractivity contribution in [3.63, 3.8) is 0 Å². The summed E-state index contributed by atoms with van der Waals surface area (Å²) in [4.78, 5) is 41.9. The molecule has 3 N–H and O–H groups in total. The number of aromatic nitrogens is 1. The van der Waals surface area contributed by atoms with Gasteiger partial charge in [-0.25, -0.2) is 0 Å². The third-order valence-electron chi connectivity index (χ3n) is 6.42. The van der Waals surface area contributed by atoms with Crippen molar-refractivity contribution >= 4 is 40.3 Å². The van der Waals surface area contributed by atoms with Gasteiger partial charge in [-0.2, -0.15) is 0 Å². The van der Waals surface area contributed by atoms with Crippen molar-refractivity contribution in [3.8, 4) is 11.3 Å². The lowest BCUT2D eigenvalue weighted by Crippen LogP contribution is -2.50. The summed E-state index contributed by atoms with van der Waals surface area (Å²) in [5.41, 5.74) is 2.23. The number of nitrogens with one attached hydrogen (secondary N) is 3. The Kier molecular flexibility index (Phi) is 8.74. The normalized spacial score (nSPS) is 14.6. The lowest BCUT2D eigenvalue weighted by Gasteiger charge is -2.29. The fourth-order valence-electron chi connectivity index (χ4n) is 4.51. The minimum atomic E-state index is -0.577. The van der Waals surface area contributed by atoms with Gasteiger partial charge in [-0.15, -0.1) is 0 Å². The van der Waals surface area contributed by atoms with Gasteiger partial charge in [0.2, 0.25) is 5.91 Å². The molecule has 3 aromatic rings. The van der Waals surface area contributed by atoms with E-state index in [0.29, 0.717) is 17.9 Å². The molecule has 9 heteroatoms. The van der Waals surface area contributed by atoms with Gasteiger partial charge in [0.15, 0.2) is 5.76 Å². The van der Waals surface area contributed by atoms with Gasteiger partial charge in [-0.1, -0.05) is 37.5 Å². The van der Waals surface area contributed by atoms with Crippen molar-refractivity contribution in [1.29, 1.82) is 0 Å². The largest absolute Gasteiger partial charge is 0.451 e. The molecule has 1 aromatic carbocycles. The van der Waals surface area contributed by atoms with Gasteiger partial charge < -0.3 is 20.4 Å². The number of rotatable bonds is 8. The molecule has 1 atom stereocenters. The number of hydrogen-bond acceptors (Lipinski definition) is 5. The molecule has 0 unspecified atom stereocenters. The number of likely N-dealkylation sites (N-methyl/N-ethyl adjacent to an activating group) is 1. The number of furan rings is 1. The second kappa shape index (κ2) is 12.2. The van der Waals surface area contributed by atoms with Crippen molar-refractivity contribution in [2.75, 3.05) is 7.05 Å². The van der Waals surface area contributed by atoms with Crippen LogP contribution in [-0.4, -0.2) is 35.8 Å². The summed E-state index contributed by atoms with van der Waals surface area (Å²) >= 11 is 2.07. The van der Waals surface area contributed by atoms with E-state index in [0.717, 1.165) is 46.9 Å². The first-order valence-electron chi connectivity index (χ1n) is 12.1. The van der Waals surface area contributed by atoms with E-state index in [1.807, 2.05) is 24.3 Å². The van der Waals surface area contributed by atoms with Crippen LogP contribution in [0.15, 0.2) is 59.1 Å². The molecule has 188 valence electrons. The van der Waals surface area contributed by atoms with Gasteiger partial charge in [-0.05, 0) is 77.2 Å². The maximum absolute atomic E-state index is 12.9. The van der Waals surface area contributed by atoms with Crippen molar-refractivity contribution < 1.29 is 18.8 Å². The minimum Gasteiger partial charge on any atom is -0.451 e. The highest BCUT2D eigenvalue weighted by atomic mass is 127. The first-order chi connectivity index (χ1) is 17.4. The molecule has 2 heterocycles. The molecular weight excluding hydrogens is 571 g/mol. The molecule has 4 rings (SSSR count). The molecule has 1 aliphatic carbocycles. The molecule has 1 fully saturated rings. The number of pyridine rings is 1. The second-order valence-electron chi connectivity index (χ2n) is 8.88. The van der Waals surface area contributed by atoms with Crippen LogP contribution < -0.4 is 16.0 Å². The lowest BCUT2D eigenvalue weighted by atomic mass is 9.83. The average molecular weight is 600 g/mol. The van der Waals surface area contributed by atoms with E-state index in [4.69, 9.17) is 4.42 Å². The first-order valence-corrected chi connectivity index (χ1v) is 13.1. The molecule has 2 aromatic heterocycles. The van der Waals surface area contributed by atoms with Gasteiger partial charge in [-0.3, -0.25) is 19.4 Å². The predicted octanol–water partition coefficient (Wildman–Crippen LogP) is 4.30. The van der Waals surface area contributed by atoms with E-state index in [1.165, 1.54) is 0 Å². The van der Waals surface area contributed by atoms with Crippen molar-refractivity contribution in [2.24, 2.45) is 5.92 Å². The standard InChI is InChI=1S/C27H29IN4O4/c1-29-27(35)24(18-7-3-2-4-8-18)32-26(34)22-11-10-21(36-22)19-9-5-6-17(14-19)16-31-25(33)20-12-13-30-23(28)15-20/h5-6,9-15,18,24H,2-4,7-8,16H2,1H3,(H,29,35)(H,31,33)(H,32,34)/t24-/m0/s1. The number of carbonyl (C=O) groups excluding carboxylic acids is 3. The molecule has 0 saturated heterocycles. The van der Waals surface area contributed by atoms with E-state index >= 15 is 0 Å². The van der Waals surface area contributed by atoms with Crippen LogP contribution in [0.4, 0.5) is 0 Å². The third kappa shape index (κ3) is 6.51. The zero-order valence-electron chi connectivity index (χ0n) is 20.1. The van der Waals surface area contributed by atoms with E-state index in [1.54, 1.807) is 37.5 Å². The first kappa shape index (κ1) is 25.9. The van der Waals surface area contributed by atoms with E-state index in [-0.39, 0.29) is 23.5 Å². The molecule has 0 bridgehead atoms. The van der Waals surface area contributed by atoms with E-state index < -0.39 is 11.9 Å². The zero-order chi connectivity index (χ0) is 25.5. The Balaban J connectivity index is 1.41. The number of amides is 3. The highest BCUT2D eigenvalue weighted by Gasteiger charge is 2.31. The Hall–Kier alpha value is -3.21. The topological polar surface area (TPSA) is 113 Å². The number of hydrogen-bond donors (Lipinski definition) is 3. The van der Waals surface area contributed by atoms with Crippen molar-refractivity contribution in [3.05, 3.63) is 75.3 Å². The summed E-state index contributed by atoms with van der Waals surface area (Å²) in [5, 5.41) is 8.47. The summed E-state index contributed by atoms with van der Waals surface area (Å²) in [6.07, 6.45) is 6.75. The van der Waals surface area contributed by atoms with Crippen molar-refractivity contribution in [1.82, 2.24) is 20.9 Å². The van der Waals surface area contributed by atoms with E-state index in [2.05, 4.69) is 43.5 Å². The highest BCUT2D eigenvalue weighted by Crippen LogP contribution is 2.28. The zero-order valence-corrected chi connectivity index (χ0v) is 22.2. The molecule has 0 aliphatic heterocycles. The Morgan fingerprint density at radius 1 is 1.06 bits per heavy atom. The summed E-state index contributed by atoms with van der Waals surface area (Å²) in [6, 6.07) is 13.8. The third-order valence-corrected chi connectivity index (χ3v) is 7.01. The Morgan fingerprint density at radius 3 is 2.61 bits per heavy atom.